The van der Waals surface area contributed by atoms with Crippen molar-refractivity contribution < 1.29 is 9.53 Å². The largest absolute Gasteiger partial charge is 0.497 e. The molecule has 0 spiro atoms. The standard InChI is InChI=1S/C33H33N3O2/c1-24(27-8-4-3-5-9-27)30(20-33(37)35-21-25-16-18-34-19-17-25)31-23-36(32-11-7-6-10-29(31)32)22-26-12-14-28(38-2)15-13-26/h3-19,23-24,30H,20-22H2,1-2H3,(H,35,37)/t24-,30+/m0/s1. The third-order valence-corrected chi connectivity index (χ3v) is 7.30. The molecule has 0 unspecified atom stereocenters. The first-order valence-corrected chi connectivity index (χ1v) is 13.0. The molecule has 2 heterocycles. The summed E-state index contributed by atoms with van der Waals surface area (Å²) in [7, 11) is 1.68. The van der Waals surface area contributed by atoms with Crippen molar-refractivity contribution in [1.82, 2.24) is 14.9 Å². The molecular formula is C33H33N3O2. The summed E-state index contributed by atoms with van der Waals surface area (Å²) >= 11 is 0. The van der Waals surface area contributed by atoms with Gasteiger partial charge in [0.05, 0.1) is 7.11 Å². The van der Waals surface area contributed by atoms with Crippen molar-refractivity contribution in [3.63, 3.8) is 0 Å². The second-order valence-electron chi connectivity index (χ2n) is 9.72. The molecule has 0 aliphatic rings. The van der Waals surface area contributed by atoms with E-state index in [0.717, 1.165) is 17.9 Å². The highest BCUT2D eigenvalue weighted by Gasteiger charge is 2.27. The maximum atomic E-state index is 13.3. The molecule has 2 aromatic heterocycles. The Kier molecular flexibility index (Phi) is 7.84. The molecule has 0 radical (unpaired) electrons. The molecule has 5 rings (SSSR count). The van der Waals surface area contributed by atoms with E-state index in [1.807, 2.05) is 30.3 Å². The maximum absolute atomic E-state index is 13.3. The fourth-order valence-corrected chi connectivity index (χ4v) is 5.15. The van der Waals surface area contributed by atoms with E-state index in [1.54, 1.807) is 19.5 Å². The SMILES string of the molecule is COc1ccc(Cn2cc([C@H](CC(=O)NCc3ccncc3)[C@@H](C)c3ccccc3)c3ccccc32)cc1. The van der Waals surface area contributed by atoms with E-state index in [-0.39, 0.29) is 17.7 Å². The van der Waals surface area contributed by atoms with Crippen molar-refractivity contribution in [3.8, 4) is 5.75 Å². The smallest absolute Gasteiger partial charge is 0.220 e. The van der Waals surface area contributed by atoms with Crippen LogP contribution in [-0.2, 0) is 17.9 Å². The molecule has 0 bridgehead atoms. The molecule has 1 amide bonds. The Morgan fingerprint density at radius 3 is 2.34 bits per heavy atom. The molecule has 5 aromatic rings. The van der Waals surface area contributed by atoms with Crippen molar-refractivity contribution in [1.29, 1.82) is 0 Å². The minimum Gasteiger partial charge on any atom is -0.497 e. The Balaban J connectivity index is 1.48. The quantitative estimate of drug-likeness (QED) is 0.231. The Morgan fingerprint density at radius 1 is 0.895 bits per heavy atom. The van der Waals surface area contributed by atoms with Gasteiger partial charge < -0.3 is 14.6 Å². The van der Waals surface area contributed by atoms with Gasteiger partial charge in [0.25, 0.3) is 0 Å². The lowest BCUT2D eigenvalue weighted by molar-refractivity contribution is -0.121. The summed E-state index contributed by atoms with van der Waals surface area (Å²) in [6, 6.07) is 31.0. The highest BCUT2D eigenvalue weighted by molar-refractivity contribution is 5.86. The predicted molar refractivity (Wildman–Crippen MR) is 152 cm³/mol. The molecule has 0 aliphatic heterocycles. The zero-order valence-corrected chi connectivity index (χ0v) is 21.9. The Bertz CT molecular complexity index is 1480. The van der Waals surface area contributed by atoms with E-state index in [4.69, 9.17) is 4.74 Å². The lowest BCUT2D eigenvalue weighted by Crippen LogP contribution is -2.26. The topological polar surface area (TPSA) is 56.1 Å². The van der Waals surface area contributed by atoms with Crippen LogP contribution in [0, 0.1) is 0 Å². The fraction of sp³-hybridized carbons (Fsp3) is 0.212. The van der Waals surface area contributed by atoms with E-state index < -0.39 is 0 Å². The third kappa shape index (κ3) is 5.78. The summed E-state index contributed by atoms with van der Waals surface area (Å²) in [5.41, 5.74) is 5.83. The predicted octanol–water partition coefficient (Wildman–Crippen LogP) is 6.69. The number of ether oxygens (including phenoxy) is 1. The van der Waals surface area contributed by atoms with Crippen LogP contribution >= 0.6 is 0 Å². The molecule has 3 aromatic carbocycles. The highest BCUT2D eigenvalue weighted by atomic mass is 16.5. The number of carbonyl (C=O) groups is 1. The van der Waals surface area contributed by atoms with Crippen LogP contribution in [0.1, 0.15) is 47.4 Å². The first kappa shape index (κ1) is 25.3. The molecule has 0 saturated carbocycles. The van der Waals surface area contributed by atoms with E-state index >= 15 is 0 Å². The maximum Gasteiger partial charge on any atom is 0.220 e. The van der Waals surface area contributed by atoms with Gasteiger partial charge in [0.2, 0.25) is 5.91 Å². The van der Waals surface area contributed by atoms with E-state index in [2.05, 4.69) is 88.7 Å². The summed E-state index contributed by atoms with van der Waals surface area (Å²) in [5, 5.41) is 4.32. The number of pyridine rings is 1. The van der Waals surface area contributed by atoms with Crippen LogP contribution in [0.15, 0.2) is 110 Å². The van der Waals surface area contributed by atoms with Crippen LogP contribution in [0.25, 0.3) is 10.9 Å². The minimum atomic E-state index is 0.0110. The molecule has 1 N–H and O–H groups in total. The summed E-state index contributed by atoms with van der Waals surface area (Å²) in [4.78, 5) is 17.4. The monoisotopic (exact) mass is 503 g/mol. The number of para-hydroxylation sites is 1. The van der Waals surface area contributed by atoms with Crippen molar-refractivity contribution in [3.05, 3.63) is 132 Å². The molecule has 5 nitrogen and oxygen atoms in total. The molecule has 0 saturated heterocycles. The van der Waals surface area contributed by atoms with Crippen LogP contribution in [-0.4, -0.2) is 22.6 Å². The average Bonchev–Trinajstić information content (AvgIpc) is 3.34. The summed E-state index contributed by atoms with van der Waals surface area (Å²) in [5.74, 6) is 1.06. The number of benzene rings is 3. The molecular weight excluding hydrogens is 470 g/mol. The van der Waals surface area contributed by atoms with Crippen molar-refractivity contribution in [2.75, 3.05) is 7.11 Å². The molecule has 0 fully saturated rings. The number of carbonyl (C=O) groups excluding carboxylic acids is 1. The summed E-state index contributed by atoms with van der Waals surface area (Å²) in [6.45, 7) is 3.46. The van der Waals surface area contributed by atoms with Gasteiger partial charge in [0.1, 0.15) is 5.75 Å². The summed E-state index contributed by atoms with van der Waals surface area (Å²) in [6.07, 6.45) is 6.14. The zero-order valence-electron chi connectivity index (χ0n) is 21.9. The average molecular weight is 504 g/mol. The van der Waals surface area contributed by atoms with Crippen LogP contribution in [0.5, 0.6) is 5.75 Å². The third-order valence-electron chi connectivity index (χ3n) is 7.30. The second-order valence-corrected chi connectivity index (χ2v) is 9.72. The van der Waals surface area contributed by atoms with E-state index in [1.165, 1.54) is 27.6 Å². The lowest BCUT2D eigenvalue weighted by atomic mass is 9.80. The Labute approximate surface area is 224 Å². The number of methoxy groups -OCH3 is 1. The number of fused-ring (bicyclic) bond motifs is 1. The fourth-order valence-electron chi connectivity index (χ4n) is 5.15. The Hall–Kier alpha value is -4.38. The normalized spacial score (nSPS) is 12.7. The number of amides is 1. The van der Waals surface area contributed by atoms with Crippen LogP contribution in [0.3, 0.4) is 0 Å². The number of hydrogen-bond acceptors (Lipinski definition) is 3. The molecule has 2 atom stereocenters. The zero-order chi connectivity index (χ0) is 26.3. The van der Waals surface area contributed by atoms with E-state index in [0.29, 0.717) is 13.0 Å². The van der Waals surface area contributed by atoms with Gasteiger partial charge in [-0.3, -0.25) is 9.78 Å². The van der Waals surface area contributed by atoms with Crippen molar-refractivity contribution >= 4 is 16.8 Å². The molecule has 5 heteroatoms. The van der Waals surface area contributed by atoms with Gasteiger partial charge in [-0.2, -0.15) is 0 Å². The highest BCUT2D eigenvalue weighted by Crippen LogP contribution is 2.40. The van der Waals surface area contributed by atoms with Gasteiger partial charge in [-0.15, -0.1) is 0 Å². The van der Waals surface area contributed by atoms with Crippen LogP contribution < -0.4 is 10.1 Å². The van der Waals surface area contributed by atoms with Crippen LogP contribution in [0.2, 0.25) is 0 Å². The first-order valence-electron chi connectivity index (χ1n) is 13.0. The van der Waals surface area contributed by atoms with Gasteiger partial charge in [0.15, 0.2) is 0 Å². The minimum absolute atomic E-state index is 0.0110. The Morgan fingerprint density at radius 2 is 1.61 bits per heavy atom. The molecule has 0 aliphatic carbocycles. The van der Waals surface area contributed by atoms with Gasteiger partial charge in [-0.05, 0) is 58.5 Å². The van der Waals surface area contributed by atoms with Crippen molar-refractivity contribution in [2.24, 2.45) is 0 Å². The first-order chi connectivity index (χ1) is 18.6. The van der Waals surface area contributed by atoms with Crippen LogP contribution in [0.4, 0.5) is 0 Å². The number of rotatable bonds is 10. The number of nitrogens with zero attached hydrogens (tertiary/aromatic N) is 2. The summed E-state index contributed by atoms with van der Waals surface area (Å²) < 4.78 is 7.63. The number of nitrogens with one attached hydrogen (secondary N) is 1. The second kappa shape index (κ2) is 11.8. The van der Waals surface area contributed by atoms with Gasteiger partial charge >= 0.3 is 0 Å². The van der Waals surface area contributed by atoms with Gasteiger partial charge in [0, 0.05) is 54.9 Å². The van der Waals surface area contributed by atoms with Gasteiger partial charge in [-0.1, -0.05) is 67.6 Å². The van der Waals surface area contributed by atoms with Crippen molar-refractivity contribution in [2.45, 2.75) is 38.3 Å². The number of hydrogen-bond donors (Lipinski definition) is 1. The number of aromatic nitrogens is 2. The lowest BCUT2D eigenvalue weighted by Gasteiger charge is -2.24. The molecule has 192 valence electrons. The van der Waals surface area contributed by atoms with Gasteiger partial charge in [-0.25, -0.2) is 0 Å². The van der Waals surface area contributed by atoms with E-state index in [9.17, 15) is 4.79 Å². The molecule has 38 heavy (non-hydrogen) atoms.